The fraction of sp³-hybridized carbons (Fsp3) is 0.500. The monoisotopic (exact) mass is 248 g/mol. The van der Waals surface area contributed by atoms with E-state index >= 15 is 0 Å². The van der Waals surface area contributed by atoms with Crippen LogP contribution in [0, 0.1) is 5.92 Å². The summed E-state index contributed by atoms with van der Waals surface area (Å²) in [6.45, 7) is 5.28. The quantitative estimate of drug-likeness (QED) is 0.833. The highest BCUT2D eigenvalue weighted by molar-refractivity contribution is 5.95. The smallest absolute Gasteiger partial charge is 0.232 e. The second-order valence-electron chi connectivity index (χ2n) is 4.65. The van der Waals surface area contributed by atoms with Gasteiger partial charge in [0.25, 0.3) is 0 Å². The summed E-state index contributed by atoms with van der Waals surface area (Å²) in [7, 11) is 0. The number of amides is 1. The summed E-state index contributed by atoms with van der Waals surface area (Å²) in [5, 5.41) is 0. The Balaban J connectivity index is 2.17. The number of hydrogen-bond donors (Lipinski definition) is 1. The molecule has 2 rings (SSSR count). The van der Waals surface area contributed by atoms with E-state index in [-0.39, 0.29) is 17.9 Å². The molecule has 4 nitrogen and oxygen atoms in total. The lowest BCUT2D eigenvalue weighted by Crippen LogP contribution is -2.38. The molecular weight excluding hydrogens is 228 g/mol. The Morgan fingerprint density at radius 3 is 2.61 bits per heavy atom. The molecule has 1 aliphatic heterocycles. The average molecular weight is 248 g/mol. The van der Waals surface area contributed by atoms with Crippen LogP contribution in [0.25, 0.3) is 0 Å². The van der Waals surface area contributed by atoms with Crippen molar-refractivity contribution in [2.24, 2.45) is 5.92 Å². The van der Waals surface area contributed by atoms with Crippen molar-refractivity contribution in [1.82, 2.24) is 0 Å². The number of rotatable bonds is 3. The molecule has 1 heterocycles. The van der Waals surface area contributed by atoms with Crippen LogP contribution in [0.3, 0.4) is 0 Å². The minimum Gasteiger partial charge on any atom is -0.399 e. The number of nitrogens with zero attached hydrogens (tertiary/aromatic N) is 1. The number of carbonyl (C=O) groups excluding carboxylic acids is 1. The van der Waals surface area contributed by atoms with Crippen molar-refractivity contribution < 1.29 is 9.53 Å². The second-order valence-corrected chi connectivity index (χ2v) is 4.65. The van der Waals surface area contributed by atoms with Crippen LogP contribution >= 0.6 is 0 Å². The molecule has 2 atom stereocenters. The van der Waals surface area contributed by atoms with Crippen molar-refractivity contribution in [3.8, 4) is 0 Å². The highest BCUT2D eigenvalue weighted by atomic mass is 16.5. The molecule has 1 aromatic rings. The largest absolute Gasteiger partial charge is 0.399 e. The standard InChI is InChI=1S/C14H20N2O2/c1-3-16(12-6-4-11(15)5-7-12)14(17)13-8-9-18-10(13)2/h4-7,10,13H,3,8-9,15H2,1-2H3. The highest BCUT2D eigenvalue weighted by Crippen LogP contribution is 2.26. The maximum Gasteiger partial charge on any atom is 0.232 e. The summed E-state index contributed by atoms with van der Waals surface area (Å²) in [5.74, 6) is 0.120. The summed E-state index contributed by atoms with van der Waals surface area (Å²) < 4.78 is 5.47. The molecule has 2 unspecified atom stereocenters. The third kappa shape index (κ3) is 2.48. The maximum absolute atomic E-state index is 12.5. The Morgan fingerprint density at radius 2 is 2.11 bits per heavy atom. The van der Waals surface area contributed by atoms with E-state index in [4.69, 9.17) is 10.5 Å². The van der Waals surface area contributed by atoms with Gasteiger partial charge in [0.2, 0.25) is 5.91 Å². The Labute approximate surface area is 108 Å². The van der Waals surface area contributed by atoms with Crippen molar-refractivity contribution in [2.75, 3.05) is 23.8 Å². The van der Waals surface area contributed by atoms with Crippen LogP contribution < -0.4 is 10.6 Å². The fourth-order valence-corrected chi connectivity index (χ4v) is 2.38. The van der Waals surface area contributed by atoms with Gasteiger partial charge in [-0.3, -0.25) is 4.79 Å². The van der Waals surface area contributed by atoms with Crippen LogP contribution in [-0.4, -0.2) is 25.2 Å². The maximum atomic E-state index is 12.5. The van der Waals surface area contributed by atoms with Gasteiger partial charge in [-0.1, -0.05) is 0 Å². The molecule has 98 valence electrons. The first kappa shape index (κ1) is 12.9. The molecular formula is C14H20N2O2. The van der Waals surface area contributed by atoms with Gasteiger partial charge in [-0.15, -0.1) is 0 Å². The molecule has 0 aromatic heterocycles. The molecule has 1 amide bonds. The predicted octanol–water partition coefficient (Wildman–Crippen LogP) is 2.05. The normalized spacial score (nSPS) is 23.0. The van der Waals surface area contributed by atoms with Gasteiger partial charge in [-0.25, -0.2) is 0 Å². The number of carbonyl (C=O) groups is 1. The van der Waals surface area contributed by atoms with Gasteiger partial charge in [-0.05, 0) is 44.5 Å². The van der Waals surface area contributed by atoms with E-state index < -0.39 is 0 Å². The molecule has 0 spiro atoms. The van der Waals surface area contributed by atoms with Crippen LogP contribution in [0.5, 0.6) is 0 Å². The van der Waals surface area contributed by atoms with Crippen LogP contribution in [-0.2, 0) is 9.53 Å². The molecule has 4 heteroatoms. The van der Waals surface area contributed by atoms with Gasteiger partial charge in [0, 0.05) is 24.5 Å². The summed E-state index contributed by atoms with van der Waals surface area (Å²) in [5.41, 5.74) is 7.27. The van der Waals surface area contributed by atoms with Gasteiger partial charge in [0.15, 0.2) is 0 Å². The molecule has 0 radical (unpaired) electrons. The Kier molecular flexibility index (Phi) is 3.87. The molecule has 1 aromatic carbocycles. The molecule has 2 N–H and O–H groups in total. The Morgan fingerprint density at radius 1 is 1.44 bits per heavy atom. The molecule has 18 heavy (non-hydrogen) atoms. The van der Waals surface area contributed by atoms with E-state index in [1.165, 1.54) is 0 Å². The first-order valence-electron chi connectivity index (χ1n) is 6.42. The van der Waals surface area contributed by atoms with Crippen molar-refractivity contribution in [2.45, 2.75) is 26.4 Å². The lowest BCUT2D eigenvalue weighted by Gasteiger charge is -2.25. The number of hydrogen-bond acceptors (Lipinski definition) is 3. The Bertz CT molecular complexity index is 416. The van der Waals surface area contributed by atoms with E-state index in [9.17, 15) is 4.79 Å². The zero-order valence-corrected chi connectivity index (χ0v) is 10.9. The fourth-order valence-electron chi connectivity index (χ4n) is 2.38. The van der Waals surface area contributed by atoms with Crippen molar-refractivity contribution in [3.05, 3.63) is 24.3 Å². The molecule has 0 saturated carbocycles. The van der Waals surface area contributed by atoms with Gasteiger partial charge < -0.3 is 15.4 Å². The highest BCUT2D eigenvalue weighted by Gasteiger charge is 2.33. The van der Waals surface area contributed by atoms with E-state index in [0.717, 1.165) is 12.1 Å². The van der Waals surface area contributed by atoms with Crippen LogP contribution in [0.1, 0.15) is 20.3 Å². The van der Waals surface area contributed by atoms with E-state index in [2.05, 4.69) is 0 Å². The lowest BCUT2D eigenvalue weighted by atomic mass is 10.0. The number of ether oxygens (including phenoxy) is 1. The minimum atomic E-state index is -0.0255. The van der Waals surface area contributed by atoms with Gasteiger partial charge in [0.1, 0.15) is 0 Å². The summed E-state index contributed by atoms with van der Waals surface area (Å²) in [4.78, 5) is 14.3. The molecule has 1 aliphatic rings. The summed E-state index contributed by atoms with van der Waals surface area (Å²) in [6.07, 6.45) is 0.825. The van der Waals surface area contributed by atoms with Gasteiger partial charge in [-0.2, -0.15) is 0 Å². The number of anilines is 2. The van der Waals surface area contributed by atoms with Crippen LogP contribution in [0.2, 0.25) is 0 Å². The number of nitrogens with two attached hydrogens (primary N) is 1. The summed E-state index contributed by atoms with van der Waals surface area (Å²) >= 11 is 0. The predicted molar refractivity (Wildman–Crippen MR) is 72.4 cm³/mol. The minimum absolute atomic E-state index is 0.0142. The van der Waals surface area contributed by atoms with Crippen LogP contribution in [0.15, 0.2) is 24.3 Å². The molecule has 0 aliphatic carbocycles. The third-order valence-corrected chi connectivity index (χ3v) is 3.48. The van der Waals surface area contributed by atoms with Crippen molar-refractivity contribution in [1.29, 1.82) is 0 Å². The molecule has 1 fully saturated rings. The van der Waals surface area contributed by atoms with E-state index in [0.29, 0.717) is 18.8 Å². The molecule has 0 bridgehead atoms. The SMILES string of the molecule is CCN(C(=O)C1CCOC1C)c1ccc(N)cc1. The average Bonchev–Trinajstić information content (AvgIpc) is 2.78. The third-order valence-electron chi connectivity index (χ3n) is 3.48. The van der Waals surface area contributed by atoms with Crippen molar-refractivity contribution in [3.63, 3.8) is 0 Å². The van der Waals surface area contributed by atoms with Gasteiger partial charge >= 0.3 is 0 Å². The topological polar surface area (TPSA) is 55.6 Å². The zero-order valence-electron chi connectivity index (χ0n) is 10.9. The van der Waals surface area contributed by atoms with E-state index in [1.807, 2.05) is 38.1 Å². The van der Waals surface area contributed by atoms with E-state index in [1.54, 1.807) is 4.90 Å². The Hall–Kier alpha value is -1.55. The second kappa shape index (κ2) is 5.40. The van der Waals surface area contributed by atoms with Crippen molar-refractivity contribution >= 4 is 17.3 Å². The van der Waals surface area contributed by atoms with Gasteiger partial charge in [0.05, 0.1) is 12.0 Å². The lowest BCUT2D eigenvalue weighted by molar-refractivity contribution is -0.123. The first-order valence-corrected chi connectivity index (χ1v) is 6.42. The molecule has 1 saturated heterocycles. The number of benzene rings is 1. The summed E-state index contributed by atoms with van der Waals surface area (Å²) in [6, 6.07) is 7.41. The zero-order chi connectivity index (χ0) is 13.1. The number of nitrogen functional groups attached to an aromatic ring is 1. The van der Waals surface area contributed by atoms with Crippen LogP contribution in [0.4, 0.5) is 11.4 Å². The first-order chi connectivity index (χ1) is 8.63.